The summed E-state index contributed by atoms with van der Waals surface area (Å²) in [4.78, 5) is 4.40. The maximum atomic E-state index is 9.85. The fourth-order valence-corrected chi connectivity index (χ4v) is 10.4. The molecule has 0 fully saturated rings. The molecule has 7 aromatic rings. The Morgan fingerprint density at radius 1 is 0.587 bits per heavy atom. The van der Waals surface area contributed by atoms with Gasteiger partial charge < -0.3 is 14.2 Å². The van der Waals surface area contributed by atoms with Crippen LogP contribution < -0.4 is 26.4 Å². The van der Waals surface area contributed by atoms with Gasteiger partial charge in [0.25, 0.3) is 6.71 Å². The van der Waals surface area contributed by atoms with Gasteiger partial charge in [0.2, 0.25) is 0 Å². The van der Waals surface area contributed by atoms with Gasteiger partial charge in [-0.15, -0.1) is 0 Å². The first kappa shape index (κ1) is 34.0. The molecule has 1 aliphatic carbocycles. The molecule has 2 aliphatic heterocycles. The van der Waals surface area contributed by atoms with Crippen LogP contribution in [0.4, 0.5) is 34.1 Å². The lowest BCUT2D eigenvalue weighted by Gasteiger charge is -2.47. The molecule has 0 radical (unpaired) electrons. The number of anilines is 6. The summed E-state index contributed by atoms with van der Waals surface area (Å²) in [6.45, 7) is 30.4. The second-order valence-corrected chi connectivity index (χ2v) is 22.9. The van der Waals surface area contributed by atoms with Gasteiger partial charge in [0.1, 0.15) is 5.58 Å². The maximum absolute atomic E-state index is 9.85. The van der Waals surface area contributed by atoms with E-state index in [9.17, 15) is 5.48 Å². The van der Waals surface area contributed by atoms with Gasteiger partial charge in [0, 0.05) is 33.7 Å². The molecule has 0 saturated carbocycles. The van der Waals surface area contributed by atoms with E-state index in [-0.39, 0.29) is 68.9 Å². The van der Waals surface area contributed by atoms with Gasteiger partial charge in [0.05, 0.1) is 26.6 Å². The molecule has 0 saturated heterocycles. The van der Waals surface area contributed by atoms with E-state index in [1.807, 2.05) is 18.2 Å². The third-order valence-electron chi connectivity index (χ3n) is 14.3. The number of nitrogens with zero attached hydrogens (tertiary/aromatic N) is 2. The lowest BCUT2D eigenvalue weighted by molar-refractivity contribution is 0.332. The smallest absolute Gasteiger partial charge is 0.297 e. The van der Waals surface area contributed by atoms with Crippen molar-refractivity contribution in [2.24, 2.45) is 0 Å². The lowest BCUT2D eigenvalue weighted by atomic mass is 9.35. The predicted molar refractivity (Wildman–Crippen MR) is 272 cm³/mol. The van der Waals surface area contributed by atoms with Crippen LogP contribution in [0.25, 0.3) is 22.1 Å². The minimum Gasteiger partial charge on any atom is -0.468 e. The molecular weight excluding hydrogens is 763 g/mol. The van der Waals surface area contributed by atoms with Crippen LogP contribution in [-0.4, -0.2) is 6.71 Å². The van der Waals surface area contributed by atoms with Gasteiger partial charge in [-0.1, -0.05) is 151 Å². The van der Waals surface area contributed by atoms with Crippen molar-refractivity contribution in [1.29, 1.82) is 0 Å². The third-order valence-corrected chi connectivity index (χ3v) is 14.3. The first-order valence-electron chi connectivity index (χ1n) is 26.3. The molecule has 0 amide bonds. The van der Waals surface area contributed by atoms with E-state index in [2.05, 4.69) is 161 Å². The van der Waals surface area contributed by atoms with Crippen LogP contribution in [0, 0.1) is 6.92 Å². The van der Waals surface area contributed by atoms with E-state index in [1.165, 1.54) is 11.1 Å². The van der Waals surface area contributed by atoms with Crippen LogP contribution in [0.2, 0.25) is 0 Å². The number of benzene rings is 6. The number of hydrogen-bond acceptors (Lipinski definition) is 3. The molecule has 0 spiro atoms. The van der Waals surface area contributed by atoms with E-state index < -0.39 is 12.8 Å². The van der Waals surface area contributed by atoms with Crippen molar-refractivity contribution in [3.8, 4) is 11.1 Å². The SMILES string of the molecule is [2H]c1cc(C(C)(C)C)cc([2H])c1N1c2cc(C)cc3c2B(c2cc4c(cc2N3c2ccc(C(C)(C)C)cc2-c2c([2H])c([2H])c([2H])c([2H])c2[2H])C(C)(C)CCC4(C)C)c2oc3ccc(C(C)(C)C)cc3c21. The lowest BCUT2D eigenvalue weighted by Crippen LogP contribution is -2.61. The minimum absolute atomic E-state index is 0.143. The zero-order chi connectivity index (χ0) is 50.8. The summed E-state index contributed by atoms with van der Waals surface area (Å²) in [6, 6.07) is 24.4. The van der Waals surface area contributed by atoms with Gasteiger partial charge in [0.15, 0.2) is 0 Å². The summed E-state index contributed by atoms with van der Waals surface area (Å²) in [5.41, 5.74) is 14.1. The van der Waals surface area contributed by atoms with Crippen molar-refractivity contribution in [2.45, 2.75) is 137 Å². The van der Waals surface area contributed by atoms with E-state index in [0.717, 1.165) is 85.4 Å². The van der Waals surface area contributed by atoms with Crippen molar-refractivity contribution >= 4 is 68.4 Å². The molecule has 10 rings (SSSR count). The fourth-order valence-electron chi connectivity index (χ4n) is 10.4. The second kappa shape index (κ2) is 13.8. The Bertz CT molecular complexity index is 3350. The van der Waals surface area contributed by atoms with E-state index in [1.54, 1.807) is 0 Å². The predicted octanol–water partition coefficient (Wildman–Crippen LogP) is 14.7. The first-order chi connectivity index (χ1) is 32.4. The third kappa shape index (κ3) is 6.60. The summed E-state index contributed by atoms with van der Waals surface area (Å²) >= 11 is 0. The zero-order valence-electron chi connectivity index (χ0n) is 46.7. The highest BCUT2D eigenvalue weighted by atomic mass is 16.3. The average Bonchev–Trinajstić information content (AvgIpc) is 3.64. The van der Waals surface area contributed by atoms with Crippen LogP contribution >= 0.6 is 0 Å². The van der Waals surface area contributed by atoms with Crippen molar-refractivity contribution in [3.63, 3.8) is 0 Å². The summed E-state index contributed by atoms with van der Waals surface area (Å²) in [6.07, 6.45) is 2.01. The standard InChI is InChI=1S/C59H65BN2O/c1-36-30-49-52-50(31-36)62(47-26-22-39(56(5,6)7)32-42(47)37-18-16-15-17-19-37)48-35-45-44(58(11,12)28-29-59(45,13)14)34-46(48)60(52)54-53(43-33-40(57(8,9)10)23-27-51(43)63-54)61(49)41-24-20-38(21-25-41)55(2,3)4/h15-27,30-35H,28-29H2,1-14H3/i15D,16D,17D,18D,19D,24D,25D. The zero-order valence-corrected chi connectivity index (χ0v) is 39.7. The molecule has 6 aromatic carbocycles. The van der Waals surface area contributed by atoms with Crippen molar-refractivity contribution in [3.05, 3.63) is 148 Å². The number of aryl methyl sites for hydroxylation is 1. The second-order valence-electron chi connectivity index (χ2n) is 22.9. The molecule has 63 heavy (non-hydrogen) atoms. The largest absolute Gasteiger partial charge is 0.468 e. The Morgan fingerprint density at radius 2 is 1.16 bits per heavy atom. The molecule has 320 valence electrons. The molecule has 0 bridgehead atoms. The molecule has 4 heteroatoms. The minimum atomic E-state index is -0.433. The van der Waals surface area contributed by atoms with Gasteiger partial charge >= 0.3 is 0 Å². The van der Waals surface area contributed by atoms with E-state index in [4.69, 9.17) is 8.53 Å². The Morgan fingerprint density at radius 3 is 1.78 bits per heavy atom. The van der Waals surface area contributed by atoms with E-state index >= 15 is 0 Å². The Labute approximate surface area is 387 Å². The van der Waals surface area contributed by atoms with Crippen LogP contribution in [0.5, 0.6) is 0 Å². The Balaban J connectivity index is 1.40. The maximum Gasteiger partial charge on any atom is 0.297 e. The number of fused-ring (bicyclic) bond motifs is 7. The van der Waals surface area contributed by atoms with Gasteiger partial charge in [-0.25, -0.2) is 0 Å². The quantitative estimate of drug-likeness (QED) is 0.165. The fraction of sp³-hybridized carbons (Fsp3) is 0.356. The molecule has 3 nitrogen and oxygen atoms in total. The highest BCUT2D eigenvalue weighted by Crippen LogP contribution is 2.53. The molecule has 1 aromatic heterocycles. The van der Waals surface area contributed by atoms with Gasteiger partial charge in [-0.2, -0.15) is 0 Å². The Kier molecular flexibility index (Phi) is 7.43. The van der Waals surface area contributed by atoms with Gasteiger partial charge in [-0.05, 0) is 151 Å². The summed E-state index contributed by atoms with van der Waals surface area (Å²) < 4.78 is 72.2. The first-order valence-corrected chi connectivity index (χ1v) is 22.8. The average molecular weight is 836 g/mol. The van der Waals surface area contributed by atoms with E-state index in [0.29, 0.717) is 16.9 Å². The summed E-state index contributed by atoms with van der Waals surface area (Å²) in [5, 5.41) is 0.916. The van der Waals surface area contributed by atoms with Crippen LogP contribution in [0.3, 0.4) is 0 Å². The highest BCUT2D eigenvalue weighted by Gasteiger charge is 2.49. The normalized spacial score (nSPS) is 18.0. The van der Waals surface area contributed by atoms with Crippen LogP contribution in [-0.2, 0) is 27.1 Å². The molecule has 0 N–H and O–H groups in total. The molecule has 3 heterocycles. The molecular formula is C59H65BN2O. The molecule has 0 atom stereocenters. The number of hydrogen-bond donors (Lipinski definition) is 0. The molecule has 3 aliphatic rings. The van der Waals surface area contributed by atoms with Crippen LogP contribution in [0.1, 0.15) is 146 Å². The topological polar surface area (TPSA) is 19.6 Å². The molecule has 0 unspecified atom stereocenters. The van der Waals surface area contributed by atoms with Crippen LogP contribution in [0.15, 0.2) is 120 Å². The Hall–Kier alpha value is -5.48. The van der Waals surface area contributed by atoms with Crippen molar-refractivity contribution in [2.75, 3.05) is 9.80 Å². The number of rotatable bonds is 3. The highest BCUT2D eigenvalue weighted by molar-refractivity contribution is 7.00. The van der Waals surface area contributed by atoms with Crippen molar-refractivity contribution < 1.29 is 14.0 Å². The van der Waals surface area contributed by atoms with Crippen molar-refractivity contribution in [1.82, 2.24) is 0 Å². The monoisotopic (exact) mass is 836 g/mol. The van der Waals surface area contributed by atoms with Gasteiger partial charge in [-0.3, -0.25) is 0 Å². The number of furan rings is 1. The summed E-state index contributed by atoms with van der Waals surface area (Å²) in [5.74, 6) is 0. The summed E-state index contributed by atoms with van der Waals surface area (Å²) in [7, 11) is 0.